The van der Waals surface area contributed by atoms with E-state index in [1.54, 1.807) is 0 Å². The Morgan fingerprint density at radius 1 is 1.40 bits per heavy atom. The zero-order valence-corrected chi connectivity index (χ0v) is 9.74. The Labute approximate surface area is 92.4 Å². The Morgan fingerprint density at radius 3 is 2.67 bits per heavy atom. The number of rotatable bonds is 4. The lowest BCUT2D eigenvalue weighted by atomic mass is 9.86. The van der Waals surface area contributed by atoms with Crippen molar-refractivity contribution in [3.8, 4) is 0 Å². The van der Waals surface area contributed by atoms with Gasteiger partial charge in [0, 0.05) is 31.2 Å². The van der Waals surface area contributed by atoms with Gasteiger partial charge in [0.05, 0.1) is 6.61 Å². The Hall–Kier alpha value is -0.120. The zero-order chi connectivity index (χ0) is 10.7. The van der Waals surface area contributed by atoms with E-state index in [2.05, 4.69) is 11.9 Å². The molecule has 1 aliphatic carbocycles. The zero-order valence-electron chi connectivity index (χ0n) is 9.74. The molecule has 15 heavy (non-hydrogen) atoms. The number of aliphatic hydroxyl groups is 1. The third kappa shape index (κ3) is 2.52. The summed E-state index contributed by atoms with van der Waals surface area (Å²) in [6.45, 7) is 3.17. The van der Waals surface area contributed by atoms with Crippen LogP contribution in [-0.2, 0) is 4.74 Å². The fraction of sp³-hybridized carbons (Fsp3) is 1.00. The second kappa shape index (κ2) is 4.81. The highest BCUT2D eigenvalue weighted by molar-refractivity contribution is 4.88. The molecule has 0 bridgehead atoms. The lowest BCUT2D eigenvalue weighted by Crippen LogP contribution is -2.42. The van der Waals surface area contributed by atoms with Gasteiger partial charge in [-0.2, -0.15) is 0 Å². The van der Waals surface area contributed by atoms with Crippen LogP contribution >= 0.6 is 0 Å². The molecular formula is C12H23NO2. The van der Waals surface area contributed by atoms with E-state index in [0.717, 1.165) is 26.2 Å². The van der Waals surface area contributed by atoms with Gasteiger partial charge in [-0.05, 0) is 26.3 Å². The maximum absolute atomic E-state index is 9.55. The summed E-state index contributed by atoms with van der Waals surface area (Å²) >= 11 is 0. The van der Waals surface area contributed by atoms with Gasteiger partial charge in [0.15, 0.2) is 0 Å². The normalized spacial score (nSPS) is 30.2. The summed E-state index contributed by atoms with van der Waals surface area (Å²) < 4.78 is 5.41. The topological polar surface area (TPSA) is 32.7 Å². The van der Waals surface area contributed by atoms with Gasteiger partial charge in [-0.25, -0.2) is 0 Å². The molecule has 1 saturated carbocycles. The number of ether oxygens (including phenoxy) is 1. The second-order valence-corrected chi connectivity index (χ2v) is 5.30. The quantitative estimate of drug-likeness (QED) is 0.763. The predicted molar refractivity (Wildman–Crippen MR) is 59.8 cm³/mol. The molecule has 0 aromatic heterocycles. The molecule has 0 amide bonds. The molecule has 88 valence electrons. The Kier molecular flexibility index (Phi) is 3.65. The summed E-state index contributed by atoms with van der Waals surface area (Å²) in [6, 6.07) is 0.578. The largest absolute Gasteiger partial charge is 0.396 e. The molecule has 2 aliphatic rings. The highest BCUT2D eigenvalue weighted by Gasteiger charge is 2.36. The molecule has 2 rings (SSSR count). The highest BCUT2D eigenvalue weighted by atomic mass is 16.5. The van der Waals surface area contributed by atoms with Crippen molar-refractivity contribution in [3.63, 3.8) is 0 Å². The monoisotopic (exact) mass is 213 g/mol. The first kappa shape index (κ1) is 11.4. The average Bonchev–Trinajstić information content (AvgIpc) is 2.88. The van der Waals surface area contributed by atoms with Gasteiger partial charge in [0.25, 0.3) is 0 Å². The van der Waals surface area contributed by atoms with E-state index in [1.165, 1.54) is 25.7 Å². The Bertz CT molecular complexity index is 196. The van der Waals surface area contributed by atoms with E-state index in [-0.39, 0.29) is 5.41 Å². The van der Waals surface area contributed by atoms with E-state index >= 15 is 0 Å². The Balaban J connectivity index is 1.88. The van der Waals surface area contributed by atoms with Gasteiger partial charge >= 0.3 is 0 Å². The molecule has 1 heterocycles. The SMILES string of the molecule is CN(CC1(CO)CCCC1)C1CCOC1. The van der Waals surface area contributed by atoms with E-state index in [9.17, 15) is 5.11 Å². The van der Waals surface area contributed by atoms with Crippen molar-refractivity contribution in [2.24, 2.45) is 5.41 Å². The van der Waals surface area contributed by atoms with Crippen LogP contribution in [0.2, 0.25) is 0 Å². The molecule has 0 aromatic rings. The van der Waals surface area contributed by atoms with Crippen molar-refractivity contribution >= 4 is 0 Å². The minimum Gasteiger partial charge on any atom is -0.396 e. The van der Waals surface area contributed by atoms with E-state index in [4.69, 9.17) is 4.74 Å². The summed E-state index contributed by atoms with van der Waals surface area (Å²) in [5, 5.41) is 9.55. The molecule has 0 aromatic carbocycles. The van der Waals surface area contributed by atoms with Crippen LogP contribution in [0, 0.1) is 5.41 Å². The van der Waals surface area contributed by atoms with Gasteiger partial charge in [-0.3, -0.25) is 0 Å². The molecule has 0 radical (unpaired) electrons. The number of likely N-dealkylation sites (N-methyl/N-ethyl adjacent to an activating group) is 1. The van der Waals surface area contributed by atoms with E-state index in [0.29, 0.717) is 12.6 Å². The van der Waals surface area contributed by atoms with Gasteiger partial charge in [0.1, 0.15) is 0 Å². The third-order valence-electron chi connectivity index (χ3n) is 4.11. The number of nitrogens with zero attached hydrogens (tertiary/aromatic N) is 1. The van der Waals surface area contributed by atoms with Gasteiger partial charge < -0.3 is 14.7 Å². The first-order valence-corrected chi connectivity index (χ1v) is 6.15. The summed E-state index contributed by atoms with van der Waals surface area (Å²) in [7, 11) is 2.18. The molecule has 2 fully saturated rings. The number of aliphatic hydroxyl groups excluding tert-OH is 1. The van der Waals surface area contributed by atoms with Crippen LogP contribution in [0.4, 0.5) is 0 Å². The van der Waals surface area contributed by atoms with Crippen LogP contribution < -0.4 is 0 Å². The van der Waals surface area contributed by atoms with Gasteiger partial charge in [0.2, 0.25) is 0 Å². The van der Waals surface area contributed by atoms with Crippen molar-refractivity contribution in [2.75, 3.05) is 33.4 Å². The molecule has 1 saturated heterocycles. The van der Waals surface area contributed by atoms with Crippen LogP contribution in [0.5, 0.6) is 0 Å². The minimum atomic E-state index is 0.192. The third-order valence-corrected chi connectivity index (χ3v) is 4.11. The van der Waals surface area contributed by atoms with Crippen LogP contribution in [0.1, 0.15) is 32.1 Å². The highest BCUT2D eigenvalue weighted by Crippen LogP contribution is 2.38. The molecule has 3 nitrogen and oxygen atoms in total. The van der Waals surface area contributed by atoms with Crippen LogP contribution in [0.3, 0.4) is 0 Å². The fourth-order valence-corrected chi connectivity index (χ4v) is 3.02. The molecule has 1 N–H and O–H groups in total. The standard InChI is InChI=1S/C12H23NO2/c1-13(11-4-7-15-8-11)9-12(10-14)5-2-3-6-12/h11,14H,2-10H2,1H3. The number of hydrogen-bond donors (Lipinski definition) is 1. The van der Waals surface area contributed by atoms with Crippen molar-refractivity contribution in [1.29, 1.82) is 0 Å². The summed E-state index contributed by atoms with van der Waals surface area (Å²) in [6.07, 6.45) is 6.12. The van der Waals surface area contributed by atoms with Crippen molar-refractivity contribution < 1.29 is 9.84 Å². The van der Waals surface area contributed by atoms with Crippen LogP contribution in [-0.4, -0.2) is 49.5 Å². The van der Waals surface area contributed by atoms with E-state index in [1.807, 2.05) is 0 Å². The Morgan fingerprint density at radius 2 is 2.13 bits per heavy atom. The molecule has 1 atom stereocenters. The maximum atomic E-state index is 9.55. The fourth-order valence-electron chi connectivity index (χ4n) is 3.02. The van der Waals surface area contributed by atoms with Gasteiger partial charge in [-0.1, -0.05) is 12.8 Å². The summed E-state index contributed by atoms with van der Waals surface area (Å²) in [5.74, 6) is 0. The van der Waals surface area contributed by atoms with E-state index < -0.39 is 0 Å². The summed E-state index contributed by atoms with van der Waals surface area (Å²) in [5.41, 5.74) is 0.192. The molecule has 0 spiro atoms. The predicted octanol–water partition coefficient (Wildman–Crippen LogP) is 1.26. The first-order chi connectivity index (χ1) is 7.26. The second-order valence-electron chi connectivity index (χ2n) is 5.30. The summed E-state index contributed by atoms with van der Waals surface area (Å²) in [4.78, 5) is 2.40. The average molecular weight is 213 g/mol. The first-order valence-electron chi connectivity index (χ1n) is 6.15. The lowest BCUT2D eigenvalue weighted by Gasteiger charge is -2.34. The molecular weight excluding hydrogens is 190 g/mol. The van der Waals surface area contributed by atoms with Crippen LogP contribution in [0.25, 0.3) is 0 Å². The smallest absolute Gasteiger partial charge is 0.0622 e. The number of hydrogen-bond acceptors (Lipinski definition) is 3. The molecule has 1 aliphatic heterocycles. The molecule has 3 heteroatoms. The minimum absolute atomic E-state index is 0.192. The molecule has 1 unspecified atom stereocenters. The van der Waals surface area contributed by atoms with Gasteiger partial charge in [-0.15, -0.1) is 0 Å². The van der Waals surface area contributed by atoms with Crippen molar-refractivity contribution in [3.05, 3.63) is 0 Å². The lowest BCUT2D eigenvalue weighted by molar-refractivity contribution is 0.0667. The van der Waals surface area contributed by atoms with Crippen LogP contribution in [0.15, 0.2) is 0 Å². The van der Waals surface area contributed by atoms with Crippen molar-refractivity contribution in [1.82, 2.24) is 4.90 Å². The maximum Gasteiger partial charge on any atom is 0.0622 e. The van der Waals surface area contributed by atoms with Crippen molar-refractivity contribution in [2.45, 2.75) is 38.1 Å².